The number of halogens is 17. The number of esters is 1. The van der Waals surface area contributed by atoms with Gasteiger partial charge in [-0.1, -0.05) is 58.1 Å². The van der Waals surface area contributed by atoms with Crippen LogP contribution < -0.4 is 4.74 Å². The predicted molar refractivity (Wildman–Crippen MR) is 184 cm³/mol. The first-order valence-electron chi connectivity index (χ1n) is 17.9. The minimum atomic E-state index is -8.68. The molecule has 1 N–H and O–H groups in total. The molecule has 60 heavy (non-hydrogen) atoms. The third-order valence-electron chi connectivity index (χ3n) is 9.55. The normalized spacial score (nSPS) is 15.7. The highest BCUT2D eigenvalue weighted by molar-refractivity contribution is 6.76. The Morgan fingerprint density at radius 1 is 0.717 bits per heavy atom. The van der Waals surface area contributed by atoms with Gasteiger partial charge in [-0.3, -0.25) is 0 Å². The van der Waals surface area contributed by atoms with E-state index in [1.807, 2.05) is 0 Å². The number of aliphatic hydroxyl groups excluding tert-OH is 1. The monoisotopic (exact) mass is 924 g/mol. The topological polar surface area (TPSA) is 74.2 Å². The molecule has 0 unspecified atom stereocenters. The lowest BCUT2D eigenvalue weighted by atomic mass is 9.88. The summed E-state index contributed by atoms with van der Waals surface area (Å²) in [5.41, 5.74) is -1.33. The van der Waals surface area contributed by atoms with Crippen molar-refractivity contribution in [2.45, 2.75) is 131 Å². The van der Waals surface area contributed by atoms with Gasteiger partial charge in [0.2, 0.25) is 0 Å². The van der Waals surface area contributed by atoms with Gasteiger partial charge in [0.15, 0.2) is 8.32 Å². The molecular weight excluding hydrogens is 879 g/mol. The van der Waals surface area contributed by atoms with E-state index in [4.69, 9.17) is 18.6 Å². The van der Waals surface area contributed by atoms with Crippen LogP contribution >= 0.6 is 0 Å². The molecule has 0 radical (unpaired) electrons. The van der Waals surface area contributed by atoms with Crippen LogP contribution in [0.5, 0.6) is 5.75 Å². The van der Waals surface area contributed by atoms with Gasteiger partial charge >= 0.3 is 53.6 Å². The Morgan fingerprint density at radius 3 is 1.65 bits per heavy atom. The maximum Gasteiger partial charge on any atom is 0.460 e. The van der Waals surface area contributed by atoms with Crippen molar-refractivity contribution in [3.05, 3.63) is 54.1 Å². The van der Waals surface area contributed by atoms with Gasteiger partial charge in [0, 0.05) is 19.6 Å². The number of carbonyl (C=O) groups excluding carboxylic acids is 1. The second kappa shape index (κ2) is 20.4. The molecule has 0 fully saturated rings. The fraction of sp³-hybridized carbons (Fsp3) is 0.694. The average molecular weight is 925 g/mol. The fourth-order valence-electron chi connectivity index (χ4n) is 5.89. The van der Waals surface area contributed by atoms with E-state index in [0.29, 0.717) is 18.4 Å². The minimum Gasteiger partial charge on any atom is -0.491 e. The van der Waals surface area contributed by atoms with E-state index in [0.717, 1.165) is 0 Å². The van der Waals surface area contributed by atoms with Crippen LogP contribution in [-0.2, 0) is 18.7 Å². The molecule has 0 bridgehead atoms. The van der Waals surface area contributed by atoms with Crippen molar-refractivity contribution in [3.8, 4) is 5.75 Å². The van der Waals surface area contributed by atoms with E-state index in [1.165, 1.54) is 71.2 Å². The van der Waals surface area contributed by atoms with Crippen LogP contribution in [0.4, 0.5) is 74.6 Å². The minimum absolute atomic E-state index is 0.158. The lowest BCUT2D eigenvalue weighted by Crippen LogP contribution is -2.74. The Kier molecular flexibility index (Phi) is 18.6. The number of ether oxygens (including phenoxy) is 3. The van der Waals surface area contributed by atoms with Crippen molar-refractivity contribution >= 4 is 14.3 Å². The molecule has 0 aromatic heterocycles. The molecule has 1 aromatic carbocycles. The van der Waals surface area contributed by atoms with Gasteiger partial charge in [0.1, 0.15) is 18.5 Å². The molecule has 1 aromatic rings. The van der Waals surface area contributed by atoms with Crippen molar-refractivity contribution in [3.63, 3.8) is 0 Å². The first kappa shape index (κ1) is 54.9. The Bertz CT molecular complexity index is 1560. The molecule has 0 heterocycles. The second-order valence-electron chi connectivity index (χ2n) is 14.0. The van der Waals surface area contributed by atoms with Crippen molar-refractivity contribution in [1.82, 2.24) is 0 Å². The molecule has 0 saturated heterocycles. The number of rotatable bonds is 25. The summed E-state index contributed by atoms with van der Waals surface area (Å²) in [6.45, 7) is 6.30. The molecule has 1 rings (SSSR count). The predicted octanol–water partition coefficient (Wildman–Crippen LogP) is 11.8. The smallest absolute Gasteiger partial charge is 0.460 e. The summed E-state index contributed by atoms with van der Waals surface area (Å²) in [5.74, 6) is -57.1. The van der Waals surface area contributed by atoms with Crippen LogP contribution in [0.25, 0.3) is 0 Å². The molecular formula is C36H45F17O6Si. The van der Waals surface area contributed by atoms with Crippen LogP contribution in [-0.4, -0.2) is 100 Å². The van der Waals surface area contributed by atoms with Crippen LogP contribution in [0.15, 0.2) is 48.6 Å². The standard InChI is InChI=1S/C36H45F17O6Si/c1-7-57-27(54)13-11-9-8-10-12-26(56-6)28(55)24-14-16-25(17-15-24)58-19-20-59-60(22(2)3,23(4)5)21-18-29(37,38)30(39,40)31(41,42)32(43,44)33(45,46)34(47,48)35(49,50)36(51,52)53/h8-9,11,13-17,22-23,26,28,55H,7,10,12,18-21H2,1-6H3/b9-8+,13-11+/t26-,28-/m1/s1. The lowest BCUT2D eigenvalue weighted by Gasteiger charge is -2.44. The van der Waals surface area contributed by atoms with E-state index >= 15 is 0 Å². The number of carbonyl (C=O) groups is 1. The van der Waals surface area contributed by atoms with E-state index in [9.17, 15) is 84.5 Å². The molecule has 0 saturated carbocycles. The van der Waals surface area contributed by atoms with Crippen molar-refractivity contribution in [1.29, 1.82) is 0 Å². The number of aliphatic hydroxyl groups is 1. The van der Waals surface area contributed by atoms with E-state index < -0.39 is 104 Å². The van der Waals surface area contributed by atoms with Gasteiger partial charge in [-0.25, -0.2) is 4.79 Å². The maximum absolute atomic E-state index is 14.9. The molecule has 0 aliphatic carbocycles. The number of hydrogen-bond donors (Lipinski definition) is 1. The van der Waals surface area contributed by atoms with E-state index in [2.05, 4.69) is 0 Å². The molecule has 6 nitrogen and oxygen atoms in total. The highest BCUT2D eigenvalue weighted by Gasteiger charge is 2.95. The fourth-order valence-corrected chi connectivity index (χ4v) is 10.4. The Balaban J connectivity index is 3.12. The maximum atomic E-state index is 14.9. The largest absolute Gasteiger partial charge is 0.491 e. The second-order valence-corrected chi connectivity index (χ2v) is 19.0. The van der Waals surface area contributed by atoms with Crippen LogP contribution in [0, 0.1) is 0 Å². The highest BCUT2D eigenvalue weighted by Crippen LogP contribution is 2.64. The SMILES string of the molecule is CCOC(=O)/C=C/C=C/CC[C@@H](OC)[C@H](O)c1ccc(OCCO[Si](CCC(F)(F)C(F)(F)C(F)(F)C(F)(F)C(F)(F)C(F)(F)C(F)(F)C(F)(F)F)(C(C)C)C(C)C)cc1. The zero-order valence-corrected chi connectivity index (χ0v) is 33.8. The van der Waals surface area contributed by atoms with Crippen LogP contribution in [0.2, 0.25) is 17.1 Å². The van der Waals surface area contributed by atoms with Gasteiger partial charge in [-0.2, -0.15) is 74.6 Å². The van der Waals surface area contributed by atoms with Gasteiger partial charge in [0.25, 0.3) is 0 Å². The number of hydrogen-bond acceptors (Lipinski definition) is 6. The van der Waals surface area contributed by atoms with Gasteiger partial charge in [-0.15, -0.1) is 0 Å². The van der Waals surface area contributed by atoms with Crippen LogP contribution in [0.3, 0.4) is 0 Å². The van der Waals surface area contributed by atoms with Gasteiger partial charge in [0.05, 0.1) is 19.3 Å². The molecule has 0 amide bonds. The molecule has 2 atom stereocenters. The van der Waals surface area contributed by atoms with E-state index in [1.54, 1.807) is 19.1 Å². The molecule has 0 aliphatic rings. The van der Waals surface area contributed by atoms with Crippen molar-refractivity contribution in [2.75, 3.05) is 26.9 Å². The summed E-state index contributed by atoms with van der Waals surface area (Å²) in [6, 6.07) is 4.43. The summed E-state index contributed by atoms with van der Waals surface area (Å²) >= 11 is 0. The Hall–Kier alpha value is -3.12. The van der Waals surface area contributed by atoms with Crippen molar-refractivity contribution in [2.24, 2.45) is 0 Å². The number of benzene rings is 1. The van der Waals surface area contributed by atoms with Crippen molar-refractivity contribution < 1.29 is 103 Å². The third-order valence-corrected chi connectivity index (χ3v) is 15.2. The molecule has 348 valence electrons. The number of methoxy groups -OCH3 is 1. The summed E-state index contributed by atoms with van der Waals surface area (Å²) < 4.78 is 256. The van der Waals surface area contributed by atoms with Gasteiger partial charge in [-0.05, 0) is 54.6 Å². The first-order chi connectivity index (χ1) is 27.1. The first-order valence-corrected chi connectivity index (χ1v) is 20.2. The lowest BCUT2D eigenvalue weighted by molar-refractivity contribution is -0.461. The van der Waals surface area contributed by atoms with E-state index in [-0.39, 0.29) is 19.0 Å². The van der Waals surface area contributed by atoms with Gasteiger partial charge < -0.3 is 23.7 Å². The highest BCUT2D eigenvalue weighted by atomic mass is 28.4. The summed E-state index contributed by atoms with van der Waals surface area (Å²) in [6.07, 6.45) is -5.33. The summed E-state index contributed by atoms with van der Waals surface area (Å²) in [4.78, 5) is 11.3. The quantitative estimate of drug-likeness (QED) is 0.0263. The Labute approximate surface area is 335 Å². The average Bonchev–Trinajstić information content (AvgIpc) is 3.13. The molecule has 0 aliphatic heterocycles. The summed E-state index contributed by atoms with van der Waals surface area (Å²) in [7, 11) is -2.58. The summed E-state index contributed by atoms with van der Waals surface area (Å²) in [5, 5.41) is 10.8. The van der Waals surface area contributed by atoms with Crippen LogP contribution in [0.1, 0.15) is 65.5 Å². The third kappa shape index (κ3) is 11.3. The zero-order valence-electron chi connectivity index (χ0n) is 32.8. The molecule has 0 spiro atoms. The number of alkyl halides is 17. The molecule has 24 heteroatoms. The zero-order chi connectivity index (χ0) is 47.0. The Morgan fingerprint density at radius 2 is 1.20 bits per heavy atom. The number of allylic oxidation sites excluding steroid dienone is 3.